The Kier molecular flexibility index (Phi) is 6.67. The highest BCUT2D eigenvalue weighted by molar-refractivity contribution is 8.00. The summed E-state index contributed by atoms with van der Waals surface area (Å²) >= 11 is 3.30. The number of aromatic nitrogens is 3. The number of rotatable bonds is 9. The topological polar surface area (TPSA) is 69.0 Å². The van der Waals surface area contributed by atoms with Gasteiger partial charge in [-0.25, -0.2) is 4.68 Å². The number of carbonyl (C=O) groups excluding carboxylic acids is 1. The summed E-state index contributed by atoms with van der Waals surface area (Å²) in [6.45, 7) is 6.68. The van der Waals surface area contributed by atoms with Gasteiger partial charge in [-0.2, -0.15) is 0 Å². The number of amides is 1. The fraction of sp³-hybridized carbons (Fsp3) is 0.211. The number of ether oxygens (including phenoxy) is 1. The molecule has 0 unspecified atom stereocenters. The van der Waals surface area contributed by atoms with Crippen LogP contribution in [-0.4, -0.2) is 27.5 Å². The Morgan fingerprint density at radius 2 is 2.19 bits per heavy atom. The number of thioether (sulfide) groups is 1. The lowest BCUT2D eigenvalue weighted by Gasteiger charge is -2.09. The normalized spacial score (nSPS) is 10.6. The average molecular weight is 401 g/mol. The van der Waals surface area contributed by atoms with Crippen LogP contribution >= 0.6 is 23.1 Å². The van der Waals surface area contributed by atoms with Gasteiger partial charge in [0.15, 0.2) is 5.69 Å². The molecule has 1 aromatic carbocycles. The number of hydrogen-bond donors (Lipinski definition) is 1. The highest BCUT2D eigenvalue weighted by Gasteiger charge is 2.20. The van der Waals surface area contributed by atoms with E-state index >= 15 is 0 Å². The first kappa shape index (κ1) is 19.2. The minimum Gasteiger partial charge on any atom is -0.494 e. The minimum atomic E-state index is -0.243. The monoisotopic (exact) mass is 400 g/mol. The second kappa shape index (κ2) is 9.38. The molecule has 2 aromatic heterocycles. The van der Waals surface area contributed by atoms with Crippen molar-refractivity contribution in [1.29, 1.82) is 0 Å². The summed E-state index contributed by atoms with van der Waals surface area (Å²) in [7, 11) is 0. The first-order valence-electron chi connectivity index (χ1n) is 8.45. The van der Waals surface area contributed by atoms with E-state index in [2.05, 4.69) is 22.2 Å². The molecular weight excluding hydrogens is 380 g/mol. The maximum Gasteiger partial charge on any atom is 0.275 e. The maximum atomic E-state index is 12.9. The second-order valence-corrected chi connectivity index (χ2v) is 7.71. The molecule has 0 saturated carbocycles. The number of nitrogens with zero attached hydrogens (tertiary/aromatic N) is 3. The minimum absolute atomic E-state index is 0.243. The third kappa shape index (κ3) is 4.99. The van der Waals surface area contributed by atoms with E-state index in [0.717, 1.165) is 5.75 Å². The van der Waals surface area contributed by atoms with Crippen LogP contribution in [0.1, 0.15) is 23.1 Å². The fourth-order valence-electron chi connectivity index (χ4n) is 2.42. The molecule has 2 heterocycles. The van der Waals surface area contributed by atoms with Crippen molar-refractivity contribution in [2.45, 2.75) is 23.4 Å². The van der Waals surface area contributed by atoms with Gasteiger partial charge in [0.2, 0.25) is 0 Å². The van der Waals surface area contributed by atoms with Crippen LogP contribution in [0.5, 0.6) is 5.75 Å². The Balaban J connectivity index is 1.76. The molecule has 0 bridgehead atoms. The van der Waals surface area contributed by atoms with E-state index < -0.39 is 0 Å². The molecule has 0 aliphatic rings. The van der Waals surface area contributed by atoms with Crippen LogP contribution in [0.4, 0.5) is 5.69 Å². The smallest absolute Gasteiger partial charge is 0.275 e. The van der Waals surface area contributed by atoms with Crippen molar-refractivity contribution in [2.24, 2.45) is 0 Å². The van der Waals surface area contributed by atoms with Crippen molar-refractivity contribution in [1.82, 2.24) is 15.0 Å². The first-order chi connectivity index (χ1) is 13.2. The van der Waals surface area contributed by atoms with Crippen LogP contribution < -0.4 is 10.1 Å². The molecule has 8 heteroatoms. The van der Waals surface area contributed by atoms with Gasteiger partial charge < -0.3 is 10.1 Å². The molecule has 0 spiro atoms. The Morgan fingerprint density at radius 3 is 2.85 bits per heavy atom. The molecule has 0 radical (unpaired) electrons. The van der Waals surface area contributed by atoms with Gasteiger partial charge in [-0.1, -0.05) is 17.4 Å². The van der Waals surface area contributed by atoms with Crippen molar-refractivity contribution in [3.8, 4) is 5.75 Å². The van der Waals surface area contributed by atoms with Crippen LogP contribution in [0, 0.1) is 0 Å². The summed E-state index contributed by atoms with van der Waals surface area (Å²) in [4.78, 5) is 12.9. The molecule has 3 rings (SSSR count). The zero-order valence-corrected chi connectivity index (χ0v) is 16.6. The number of allylic oxidation sites excluding steroid dienone is 1. The quantitative estimate of drug-likeness (QED) is 0.424. The molecule has 0 aliphatic carbocycles. The molecule has 0 atom stereocenters. The van der Waals surface area contributed by atoms with Crippen molar-refractivity contribution >= 4 is 34.7 Å². The van der Waals surface area contributed by atoms with Gasteiger partial charge in [0.05, 0.1) is 17.4 Å². The van der Waals surface area contributed by atoms with Crippen LogP contribution in [0.3, 0.4) is 0 Å². The predicted octanol–water partition coefficient (Wildman–Crippen LogP) is 4.47. The first-order valence-corrected chi connectivity index (χ1v) is 10.3. The highest BCUT2D eigenvalue weighted by atomic mass is 32.2. The summed E-state index contributed by atoms with van der Waals surface area (Å²) < 4.78 is 8.17. The van der Waals surface area contributed by atoms with Gasteiger partial charge in [-0.15, -0.1) is 34.8 Å². The average Bonchev–Trinajstić information content (AvgIpc) is 3.32. The number of anilines is 1. The molecule has 6 nitrogen and oxygen atoms in total. The van der Waals surface area contributed by atoms with Gasteiger partial charge in [-0.3, -0.25) is 4.79 Å². The Hall–Kier alpha value is -2.58. The van der Waals surface area contributed by atoms with E-state index in [1.165, 1.54) is 4.21 Å². The zero-order valence-electron chi connectivity index (χ0n) is 14.9. The van der Waals surface area contributed by atoms with Crippen molar-refractivity contribution in [3.05, 3.63) is 65.8 Å². The largest absolute Gasteiger partial charge is 0.494 e. The number of benzene rings is 1. The number of hydrogen-bond acceptors (Lipinski definition) is 6. The van der Waals surface area contributed by atoms with Crippen LogP contribution in [0.15, 0.2) is 58.6 Å². The van der Waals surface area contributed by atoms with Crippen molar-refractivity contribution < 1.29 is 9.53 Å². The number of carbonyl (C=O) groups is 1. The van der Waals surface area contributed by atoms with Gasteiger partial charge >= 0.3 is 0 Å². The standard InChI is InChI=1S/C19H20N4O2S2/c1-3-11-23-18(16(21-22-23)13-27-17-6-5-12-26-17)19(24)20-14-7-9-15(10-8-14)25-4-2/h3,5-10,12H,1,4,11,13H2,2H3,(H,20,24). The molecular formula is C19H20N4O2S2. The van der Waals surface area contributed by atoms with E-state index in [1.807, 2.05) is 48.7 Å². The molecule has 3 aromatic rings. The zero-order chi connectivity index (χ0) is 19.1. The molecule has 140 valence electrons. The van der Waals surface area contributed by atoms with Gasteiger partial charge in [0.1, 0.15) is 11.4 Å². The van der Waals surface area contributed by atoms with Gasteiger partial charge in [0.25, 0.3) is 5.91 Å². The predicted molar refractivity (Wildman–Crippen MR) is 110 cm³/mol. The van der Waals surface area contributed by atoms with E-state index in [1.54, 1.807) is 33.9 Å². The number of nitrogens with one attached hydrogen (secondary N) is 1. The summed E-state index contributed by atoms with van der Waals surface area (Å²) in [5.41, 5.74) is 1.79. The lowest BCUT2D eigenvalue weighted by atomic mass is 10.2. The SMILES string of the molecule is C=CCn1nnc(CSc2cccs2)c1C(=O)Nc1ccc(OCC)cc1. The fourth-order valence-corrected chi connectivity index (χ4v) is 4.13. The van der Waals surface area contributed by atoms with Crippen molar-refractivity contribution in [2.75, 3.05) is 11.9 Å². The second-order valence-electron chi connectivity index (χ2n) is 5.49. The molecule has 0 fully saturated rings. The summed E-state index contributed by atoms with van der Waals surface area (Å²) in [5, 5.41) is 13.2. The lowest BCUT2D eigenvalue weighted by molar-refractivity contribution is 0.101. The molecule has 0 aliphatic heterocycles. The molecule has 0 saturated heterocycles. The van der Waals surface area contributed by atoms with Crippen molar-refractivity contribution in [3.63, 3.8) is 0 Å². The number of thiophene rings is 1. The molecule has 1 N–H and O–H groups in total. The van der Waals surface area contributed by atoms with E-state index in [0.29, 0.717) is 36.0 Å². The Morgan fingerprint density at radius 1 is 1.37 bits per heavy atom. The third-order valence-electron chi connectivity index (χ3n) is 3.59. The summed E-state index contributed by atoms with van der Waals surface area (Å²) in [6.07, 6.45) is 1.69. The highest BCUT2D eigenvalue weighted by Crippen LogP contribution is 2.27. The lowest BCUT2D eigenvalue weighted by Crippen LogP contribution is -2.19. The molecule has 1 amide bonds. The maximum absolute atomic E-state index is 12.9. The Bertz CT molecular complexity index is 889. The van der Waals surface area contributed by atoms with Crippen LogP contribution in [0.2, 0.25) is 0 Å². The van der Waals surface area contributed by atoms with Crippen LogP contribution in [0.25, 0.3) is 0 Å². The van der Waals surface area contributed by atoms with Gasteiger partial charge in [0, 0.05) is 11.4 Å². The molecule has 27 heavy (non-hydrogen) atoms. The van der Waals surface area contributed by atoms with E-state index in [-0.39, 0.29) is 5.91 Å². The van der Waals surface area contributed by atoms with E-state index in [9.17, 15) is 4.79 Å². The summed E-state index contributed by atoms with van der Waals surface area (Å²) in [5.74, 6) is 1.10. The third-order valence-corrected chi connectivity index (χ3v) is 5.73. The van der Waals surface area contributed by atoms with Crippen LogP contribution in [-0.2, 0) is 12.3 Å². The van der Waals surface area contributed by atoms with Gasteiger partial charge in [-0.05, 0) is 42.6 Å². The summed E-state index contributed by atoms with van der Waals surface area (Å²) in [6, 6.07) is 11.3. The Labute approximate surface area is 166 Å². The van der Waals surface area contributed by atoms with E-state index in [4.69, 9.17) is 4.74 Å².